The molecule has 0 aliphatic carbocycles. The fourth-order valence-electron chi connectivity index (χ4n) is 2.22. The molecular weight excluding hydrogens is 317 g/mol. The largest absolute Gasteiger partial charge is 0.488 e. The predicted molar refractivity (Wildman–Crippen MR) is 73.4 cm³/mol. The van der Waals surface area contributed by atoms with E-state index in [0.29, 0.717) is 5.69 Å². The maximum Gasteiger partial charge on any atom is 0.433 e. The molecule has 0 aromatic carbocycles. The van der Waals surface area contributed by atoms with E-state index in [1.54, 1.807) is 6.92 Å². The molecule has 122 valence electrons. The van der Waals surface area contributed by atoms with E-state index in [0.717, 1.165) is 12.3 Å². The van der Waals surface area contributed by atoms with Gasteiger partial charge in [-0.05, 0) is 6.92 Å². The number of ether oxygens (including phenoxy) is 1. The Morgan fingerprint density at radius 3 is 2.70 bits per heavy atom. The minimum atomic E-state index is -4.57. The zero-order valence-corrected chi connectivity index (χ0v) is 11.7. The Labute approximate surface area is 126 Å². The first-order valence-corrected chi connectivity index (χ1v) is 6.50. The van der Waals surface area contributed by atoms with Crippen molar-refractivity contribution in [3.63, 3.8) is 0 Å². The average Bonchev–Trinajstić information content (AvgIpc) is 2.48. The summed E-state index contributed by atoms with van der Waals surface area (Å²) >= 11 is 0. The molecule has 3 N–H and O–H groups in total. The molecule has 1 aliphatic rings. The number of halogens is 3. The number of alkyl halides is 3. The molecule has 2 aromatic heterocycles. The van der Waals surface area contributed by atoms with Gasteiger partial charge in [0.15, 0.2) is 0 Å². The highest BCUT2D eigenvalue weighted by atomic mass is 19.4. The number of pyridine rings is 1. The monoisotopic (exact) mass is 328 g/mol. The van der Waals surface area contributed by atoms with E-state index < -0.39 is 28.5 Å². The number of anilines is 1. The summed E-state index contributed by atoms with van der Waals surface area (Å²) in [5, 5.41) is 2.97. The van der Waals surface area contributed by atoms with Gasteiger partial charge in [-0.15, -0.1) is 0 Å². The molecule has 23 heavy (non-hydrogen) atoms. The molecule has 0 saturated heterocycles. The Bertz CT molecular complexity index is 874. The predicted octanol–water partition coefficient (Wildman–Crippen LogP) is 1.20. The summed E-state index contributed by atoms with van der Waals surface area (Å²) in [6.07, 6.45) is -2.24. The highest BCUT2D eigenvalue weighted by Gasteiger charge is 2.37. The summed E-state index contributed by atoms with van der Waals surface area (Å²) in [6.45, 7) is 1.61. The van der Waals surface area contributed by atoms with Crippen molar-refractivity contribution in [2.24, 2.45) is 0 Å². The Morgan fingerprint density at radius 1 is 1.30 bits per heavy atom. The van der Waals surface area contributed by atoms with E-state index in [-0.39, 0.29) is 18.0 Å². The van der Waals surface area contributed by atoms with E-state index in [1.165, 1.54) is 6.20 Å². The Balaban J connectivity index is 1.97. The zero-order chi connectivity index (χ0) is 16.8. The highest BCUT2D eigenvalue weighted by molar-refractivity contribution is 5.59. The van der Waals surface area contributed by atoms with Crippen molar-refractivity contribution >= 4 is 5.69 Å². The Kier molecular flexibility index (Phi) is 3.20. The van der Waals surface area contributed by atoms with Crippen molar-refractivity contribution in [2.45, 2.75) is 18.6 Å². The molecule has 3 heterocycles. The van der Waals surface area contributed by atoms with Gasteiger partial charge in [0.1, 0.15) is 23.6 Å². The minimum Gasteiger partial charge on any atom is -0.488 e. The first-order valence-electron chi connectivity index (χ1n) is 6.50. The first-order chi connectivity index (χ1) is 10.7. The number of rotatable bonds is 1. The molecule has 0 bridgehead atoms. The molecule has 0 spiro atoms. The molecule has 1 atom stereocenters. The number of hydrogen-bond donors (Lipinski definition) is 3. The first kappa shape index (κ1) is 15.1. The van der Waals surface area contributed by atoms with Gasteiger partial charge in [-0.1, -0.05) is 0 Å². The third-order valence-corrected chi connectivity index (χ3v) is 3.48. The van der Waals surface area contributed by atoms with Gasteiger partial charge in [0.25, 0.3) is 0 Å². The number of aromatic amines is 2. The molecule has 1 unspecified atom stereocenters. The molecule has 0 radical (unpaired) electrons. The second kappa shape index (κ2) is 4.86. The number of H-pyrrole nitrogens is 2. The van der Waals surface area contributed by atoms with Gasteiger partial charge in [0, 0.05) is 12.3 Å². The van der Waals surface area contributed by atoms with E-state index >= 15 is 0 Å². The van der Waals surface area contributed by atoms with Crippen LogP contribution in [0, 0.1) is 0 Å². The Hall–Kier alpha value is -2.78. The molecule has 2 aromatic rings. The number of aromatic nitrogens is 3. The molecule has 1 aliphatic heterocycles. The van der Waals surface area contributed by atoms with Crippen molar-refractivity contribution < 1.29 is 17.9 Å². The van der Waals surface area contributed by atoms with Crippen LogP contribution in [0.25, 0.3) is 0 Å². The average molecular weight is 328 g/mol. The van der Waals surface area contributed by atoms with Crippen LogP contribution in [0.2, 0.25) is 0 Å². The summed E-state index contributed by atoms with van der Waals surface area (Å²) < 4.78 is 43.3. The smallest absolute Gasteiger partial charge is 0.433 e. The van der Waals surface area contributed by atoms with Gasteiger partial charge in [0.2, 0.25) is 0 Å². The van der Waals surface area contributed by atoms with E-state index in [1.807, 2.05) is 0 Å². The lowest BCUT2D eigenvalue weighted by Crippen LogP contribution is -2.45. The maximum absolute atomic E-state index is 12.6. The fourth-order valence-corrected chi connectivity index (χ4v) is 2.22. The SMILES string of the molecule is CC1(c2c[nH]c(=O)c(=O)[nH]2)COc2cc(C(F)(F)F)ncc2N1. The van der Waals surface area contributed by atoms with Crippen LogP contribution in [-0.4, -0.2) is 21.6 Å². The normalized spacial score (nSPS) is 20.3. The molecule has 10 heteroatoms. The topological polar surface area (TPSA) is 99.9 Å². The number of nitrogens with one attached hydrogen (secondary N) is 3. The van der Waals surface area contributed by atoms with Crippen LogP contribution in [-0.2, 0) is 11.7 Å². The van der Waals surface area contributed by atoms with Gasteiger partial charge in [-0.3, -0.25) is 9.59 Å². The zero-order valence-electron chi connectivity index (χ0n) is 11.7. The van der Waals surface area contributed by atoms with Crippen molar-refractivity contribution in [1.29, 1.82) is 0 Å². The van der Waals surface area contributed by atoms with Crippen molar-refractivity contribution in [2.75, 3.05) is 11.9 Å². The van der Waals surface area contributed by atoms with Crippen LogP contribution in [0.3, 0.4) is 0 Å². The standard InChI is InChI=1S/C13H11F3N4O3/c1-12(9-4-18-10(21)11(22)19-9)5-23-7-2-8(13(14,15)16)17-3-6(7)20-12/h2-4,20H,5H2,1H3,(H,18,21)(H,19,22). The summed E-state index contributed by atoms with van der Waals surface area (Å²) in [7, 11) is 0. The third kappa shape index (κ3) is 2.67. The summed E-state index contributed by atoms with van der Waals surface area (Å²) in [6, 6.07) is 0.803. The lowest BCUT2D eigenvalue weighted by Gasteiger charge is -2.36. The van der Waals surface area contributed by atoms with Crippen LogP contribution < -0.4 is 21.2 Å². The number of nitrogens with zero attached hydrogens (tertiary/aromatic N) is 1. The summed E-state index contributed by atoms with van der Waals surface area (Å²) in [5.41, 5.74) is -3.06. The van der Waals surface area contributed by atoms with E-state index in [9.17, 15) is 22.8 Å². The van der Waals surface area contributed by atoms with Crippen LogP contribution in [0.15, 0.2) is 28.0 Å². The lowest BCUT2D eigenvalue weighted by atomic mass is 9.97. The van der Waals surface area contributed by atoms with Crippen LogP contribution in [0.4, 0.5) is 18.9 Å². The Morgan fingerprint density at radius 2 is 2.04 bits per heavy atom. The third-order valence-electron chi connectivity index (χ3n) is 3.48. The minimum absolute atomic E-state index is 0.0107. The molecule has 0 fully saturated rings. The second-order valence-corrected chi connectivity index (χ2v) is 5.29. The second-order valence-electron chi connectivity index (χ2n) is 5.29. The van der Waals surface area contributed by atoms with Gasteiger partial charge in [-0.2, -0.15) is 13.2 Å². The van der Waals surface area contributed by atoms with Gasteiger partial charge >= 0.3 is 17.3 Å². The summed E-state index contributed by atoms with van der Waals surface area (Å²) in [4.78, 5) is 30.6. The van der Waals surface area contributed by atoms with Crippen LogP contribution in [0.5, 0.6) is 5.75 Å². The van der Waals surface area contributed by atoms with Crippen LogP contribution >= 0.6 is 0 Å². The molecular formula is C13H11F3N4O3. The highest BCUT2D eigenvalue weighted by Crippen LogP contribution is 2.39. The molecule has 0 saturated carbocycles. The van der Waals surface area contributed by atoms with E-state index in [4.69, 9.17) is 4.74 Å². The fraction of sp³-hybridized carbons (Fsp3) is 0.308. The molecule has 7 nitrogen and oxygen atoms in total. The molecule has 3 rings (SSSR count). The molecule has 0 amide bonds. The quantitative estimate of drug-likeness (QED) is 0.683. The number of hydrogen-bond acceptors (Lipinski definition) is 5. The van der Waals surface area contributed by atoms with Gasteiger partial charge < -0.3 is 20.0 Å². The number of fused-ring (bicyclic) bond motifs is 1. The summed E-state index contributed by atoms with van der Waals surface area (Å²) in [5.74, 6) is 0.0107. The van der Waals surface area contributed by atoms with Crippen molar-refractivity contribution in [1.82, 2.24) is 15.0 Å². The van der Waals surface area contributed by atoms with Crippen molar-refractivity contribution in [3.05, 3.63) is 50.6 Å². The van der Waals surface area contributed by atoms with Crippen LogP contribution in [0.1, 0.15) is 18.3 Å². The van der Waals surface area contributed by atoms with E-state index in [2.05, 4.69) is 20.3 Å². The lowest BCUT2D eigenvalue weighted by molar-refractivity contribution is -0.141. The maximum atomic E-state index is 12.6. The van der Waals surface area contributed by atoms with Gasteiger partial charge in [0.05, 0.1) is 17.6 Å². The van der Waals surface area contributed by atoms with Crippen molar-refractivity contribution in [3.8, 4) is 5.75 Å². The van der Waals surface area contributed by atoms with Gasteiger partial charge in [-0.25, -0.2) is 4.98 Å².